The molecule has 2 aromatic carbocycles. The zero-order valence-corrected chi connectivity index (χ0v) is 44.6. The summed E-state index contributed by atoms with van der Waals surface area (Å²) in [5.41, 5.74) is -2.06. The highest BCUT2D eigenvalue weighted by Crippen LogP contribution is 2.74. The first-order chi connectivity index (χ1) is 34.1. The highest BCUT2D eigenvalue weighted by Gasteiger charge is 2.78. The van der Waals surface area contributed by atoms with Crippen LogP contribution in [0.4, 0.5) is 0 Å². The molecule has 9 aliphatic rings. The van der Waals surface area contributed by atoms with E-state index in [9.17, 15) is 20.1 Å². The molecule has 0 unspecified atom stereocenters. The average molecular weight is 1000 g/mol. The van der Waals surface area contributed by atoms with Gasteiger partial charge in [-0.05, 0) is 186 Å². The van der Waals surface area contributed by atoms with Gasteiger partial charge in [-0.15, -0.1) is 5.92 Å². The molecule has 384 valence electrons. The lowest BCUT2D eigenvalue weighted by molar-refractivity contribution is -0.339. The Hall–Kier alpha value is -2.74. The zero-order valence-electron chi connectivity index (χ0n) is 43.0. The van der Waals surface area contributed by atoms with Crippen molar-refractivity contribution < 1.29 is 34.4 Å². The molecule has 2 saturated heterocycles. The van der Waals surface area contributed by atoms with Gasteiger partial charge in [-0.25, -0.2) is 4.79 Å². The van der Waals surface area contributed by atoms with Crippen molar-refractivity contribution in [3.63, 3.8) is 0 Å². The quantitative estimate of drug-likeness (QED) is 0.135. The highest BCUT2D eigenvalue weighted by molar-refractivity contribution is 8.76. The maximum absolute atomic E-state index is 16.5. The van der Waals surface area contributed by atoms with Crippen LogP contribution >= 0.6 is 21.6 Å². The summed E-state index contributed by atoms with van der Waals surface area (Å²) in [5.74, 6) is 8.60. The molecule has 5 aliphatic carbocycles. The summed E-state index contributed by atoms with van der Waals surface area (Å²) in [7, 11) is 4.05. The number of carbonyl (C=O) groups is 2. The summed E-state index contributed by atoms with van der Waals surface area (Å²) in [4.78, 5) is 29.1. The predicted octanol–water partition coefficient (Wildman–Crippen LogP) is 12.4. The van der Waals surface area contributed by atoms with Gasteiger partial charge >= 0.3 is 11.9 Å². The first-order valence-corrected chi connectivity index (χ1v) is 30.5. The Morgan fingerprint density at radius 2 is 1.44 bits per heavy atom. The van der Waals surface area contributed by atoms with Crippen molar-refractivity contribution in [2.75, 3.05) is 12.4 Å². The maximum atomic E-state index is 16.5. The molecule has 2 spiro atoms. The number of benzene rings is 2. The number of aliphatic hydroxyl groups is 3. The monoisotopic (exact) mass is 1000 g/mol. The molecule has 7 nitrogen and oxygen atoms in total. The van der Waals surface area contributed by atoms with Crippen LogP contribution < -0.4 is 0 Å². The summed E-state index contributed by atoms with van der Waals surface area (Å²) in [5, 5.41) is 42.4. The van der Waals surface area contributed by atoms with Crippen LogP contribution in [0.25, 0.3) is 0 Å². The molecule has 7 fully saturated rings. The Morgan fingerprint density at radius 1 is 0.746 bits per heavy atom. The zero-order chi connectivity index (χ0) is 49.3. The number of esters is 2. The number of hydrogen-bond acceptors (Lipinski definition) is 9. The molecular weight excluding hydrogens is 921 g/mol. The van der Waals surface area contributed by atoms with Crippen LogP contribution in [0.1, 0.15) is 167 Å². The van der Waals surface area contributed by atoms with Crippen LogP contribution in [0.2, 0.25) is 0 Å². The van der Waals surface area contributed by atoms with Gasteiger partial charge < -0.3 is 24.8 Å². The molecular formula is C62H82O7S2. The van der Waals surface area contributed by atoms with Crippen molar-refractivity contribution in [1.29, 1.82) is 0 Å². The van der Waals surface area contributed by atoms with E-state index in [4.69, 9.17) is 9.47 Å². The maximum Gasteiger partial charge on any atom is 0.331 e. The molecule has 2 aromatic rings. The van der Waals surface area contributed by atoms with Gasteiger partial charge in [0, 0.05) is 35.8 Å². The van der Waals surface area contributed by atoms with E-state index in [1.54, 1.807) is 6.08 Å². The number of carbonyl (C=O) groups excluding carboxylic acids is 2. The highest BCUT2D eigenvalue weighted by atomic mass is 33.1. The predicted molar refractivity (Wildman–Crippen MR) is 284 cm³/mol. The molecule has 4 aliphatic heterocycles. The smallest absolute Gasteiger partial charge is 0.331 e. The minimum Gasteiger partial charge on any atom is -0.462 e. The second-order valence-corrected chi connectivity index (χ2v) is 28.7. The number of rotatable bonds is 8. The molecule has 0 amide bonds. The molecule has 4 heterocycles. The van der Waals surface area contributed by atoms with E-state index in [0.29, 0.717) is 55.8 Å². The third kappa shape index (κ3) is 8.82. The van der Waals surface area contributed by atoms with Crippen molar-refractivity contribution in [3.05, 3.63) is 83.4 Å². The van der Waals surface area contributed by atoms with Crippen LogP contribution in [-0.4, -0.2) is 68.8 Å². The molecule has 9 heteroatoms. The Balaban J connectivity index is 1.11. The summed E-state index contributed by atoms with van der Waals surface area (Å²) in [6, 6.07) is 21.7. The van der Waals surface area contributed by atoms with Crippen LogP contribution in [-0.2, 0) is 31.9 Å². The Kier molecular flexibility index (Phi) is 13.8. The molecule has 0 aromatic heterocycles. The number of hydrogen-bond donors (Lipinski definition) is 3. The third-order valence-corrected chi connectivity index (χ3v) is 25.0. The molecule has 3 N–H and O–H groups in total. The van der Waals surface area contributed by atoms with E-state index in [1.165, 1.54) is 43.2 Å². The average Bonchev–Trinajstić information content (AvgIpc) is 4.14. The van der Waals surface area contributed by atoms with Crippen LogP contribution in [0.3, 0.4) is 0 Å². The summed E-state index contributed by atoms with van der Waals surface area (Å²) in [6.07, 6.45) is 18.3. The number of ether oxygens (including phenoxy) is 2. The Morgan fingerprint density at radius 3 is 2.14 bits per heavy atom. The first kappa shape index (κ1) is 50.4. The normalized spacial score (nSPS) is 44.1. The summed E-state index contributed by atoms with van der Waals surface area (Å²) >= 11 is 0. The molecule has 15 atom stereocenters. The van der Waals surface area contributed by atoms with Crippen LogP contribution in [0.15, 0.2) is 72.3 Å². The van der Waals surface area contributed by atoms with Gasteiger partial charge in [0.25, 0.3) is 0 Å². The fourth-order valence-corrected chi connectivity index (χ4v) is 21.9. The third-order valence-electron chi connectivity index (χ3n) is 21.9. The van der Waals surface area contributed by atoms with Gasteiger partial charge in [0.1, 0.15) is 12.7 Å². The van der Waals surface area contributed by atoms with Crippen molar-refractivity contribution in [2.24, 2.45) is 62.1 Å². The van der Waals surface area contributed by atoms with Gasteiger partial charge in [-0.2, -0.15) is 0 Å². The minimum atomic E-state index is -1.72. The standard InChI is InChI=1S/C62H82O7S2/c1-56-28-21-50(71-70-41-46(36-56)34-43-15-8-5-9-16-43)48-18-17-44(33-42-13-6-4-7-14-42)37-60(48)27-12-24-57(2)39-49(69-55(60)66)54-58(3,47-20-31-59(38-47)25-10-11-26-59)30-23-52(64)62(54,51(63)22-29-56)61(57,67)32-19-45-35-53(65)68-40-45/h4-9,13-16,35,44,46-52,54,63-64,67H,10-11,17-23,25-34,36-41H2,1-3H3/t44-,46-,47+,48+,49-,50-,51-,52-,54+,56+,57+,58+,60-,61-,62+/m1/s1. The van der Waals surface area contributed by atoms with E-state index >= 15 is 4.79 Å². The van der Waals surface area contributed by atoms with Gasteiger partial charge in [0.05, 0.1) is 34.1 Å². The minimum absolute atomic E-state index is 0.0545. The molecule has 6 bridgehead atoms. The summed E-state index contributed by atoms with van der Waals surface area (Å²) in [6.45, 7) is 7.14. The number of cyclic esters (lactones) is 1. The van der Waals surface area contributed by atoms with E-state index in [-0.39, 0.29) is 47.5 Å². The lowest BCUT2D eigenvalue weighted by Gasteiger charge is -2.72. The summed E-state index contributed by atoms with van der Waals surface area (Å²) < 4.78 is 13.0. The Bertz CT molecular complexity index is 2370. The number of aliphatic hydroxyl groups excluding tert-OH is 2. The van der Waals surface area contributed by atoms with Gasteiger partial charge in [0.2, 0.25) is 0 Å². The second-order valence-electron chi connectivity index (χ2n) is 26.0. The lowest BCUT2D eigenvalue weighted by Crippen LogP contribution is -2.79. The fraction of sp³-hybridized carbons (Fsp3) is 0.710. The largest absolute Gasteiger partial charge is 0.462 e. The van der Waals surface area contributed by atoms with Gasteiger partial charge in [-0.1, -0.05) is 115 Å². The van der Waals surface area contributed by atoms with Gasteiger partial charge in [-0.3, -0.25) is 4.79 Å². The molecule has 0 radical (unpaired) electrons. The van der Waals surface area contributed by atoms with E-state index in [0.717, 1.165) is 82.0 Å². The van der Waals surface area contributed by atoms with Crippen molar-refractivity contribution in [2.45, 2.75) is 198 Å². The van der Waals surface area contributed by atoms with Crippen molar-refractivity contribution in [1.82, 2.24) is 0 Å². The first-order valence-electron chi connectivity index (χ1n) is 28.1. The topological polar surface area (TPSA) is 113 Å². The Labute approximate surface area is 433 Å². The van der Waals surface area contributed by atoms with Crippen LogP contribution in [0, 0.1) is 73.9 Å². The van der Waals surface area contributed by atoms with Gasteiger partial charge in [0.15, 0.2) is 0 Å². The number of fused-ring (bicyclic) bond motifs is 6. The van der Waals surface area contributed by atoms with Crippen molar-refractivity contribution >= 4 is 33.5 Å². The molecule has 5 saturated carbocycles. The van der Waals surface area contributed by atoms with Crippen molar-refractivity contribution in [3.8, 4) is 11.8 Å². The lowest BCUT2D eigenvalue weighted by atomic mass is 9.35. The SMILES string of the molecule is C[C@@]12CC[C@@H](O)[C@]34[C@H](O)CC[C@@](C)([C@H]5CCC6(CCCC6)C5)[C@@H]3[C@H]3C[C@](C)(C#CC[C@]5(C[C@@H](Cc6ccccc6)CC[C@H]5[C@@H](CC1)SSC[C@H](Cc1ccccc1)C2)C(=O)O3)[C@]4(O)CCC1=CC(=O)OC1. The van der Waals surface area contributed by atoms with E-state index in [2.05, 4.69) is 93.3 Å². The molecule has 71 heavy (non-hydrogen) atoms. The van der Waals surface area contributed by atoms with E-state index < -0.39 is 51.5 Å². The fourth-order valence-electron chi connectivity index (χ4n) is 18.4. The van der Waals surface area contributed by atoms with E-state index in [1.807, 2.05) is 21.6 Å². The molecule has 11 rings (SSSR count). The van der Waals surface area contributed by atoms with Crippen LogP contribution in [0.5, 0.6) is 0 Å². The second kappa shape index (κ2) is 19.4.